The summed E-state index contributed by atoms with van der Waals surface area (Å²) in [6.45, 7) is 3.18. The first-order valence-electron chi connectivity index (χ1n) is 16.8. The Balaban J connectivity index is 0.000000152. The number of aromatic amines is 1. The molecule has 4 aromatic heterocycles. The number of carboxylic acid groups (broad SMARTS) is 1. The summed E-state index contributed by atoms with van der Waals surface area (Å²) in [5.74, 6) is -0.122. The van der Waals surface area contributed by atoms with Crippen LogP contribution in [-0.2, 0) is 24.1 Å². The molecular weight excluding hydrogens is 600 g/mol. The Morgan fingerprint density at radius 2 is 1.46 bits per heavy atom. The number of carboxylic acids is 1. The van der Waals surface area contributed by atoms with Crippen molar-refractivity contribution in [1.29, 1.82) is 0 Å². The van der Waals surface area contributed by atoms with Gasteiger partial charge in [0.05, 0.1) is 29.6 Å². The van der Waals surface area contributed by atoms with Crippen molar-refractivity contribution in [2.24, 2.45) is 0 Å². The lowest BCUT2D eigenvalue weighted by molar-refractivity contribution is 0.0598. The second-order valence-electron chi connectivity index (χ2n) is 13.0. The van der Waals surface area contributed by atoms with Crippen LogP contribution in [0.1, 0.15) is 105 Å². The molecular formula is C40H40N4O4. The Hall–Kier alpha value is -5.24. The molecule has 0 bridgehead atoms. The molecule has 0 aliphatic heterocycles. The molecule has 0 radical (unpaired) electrons. The highest BCUT2D eigenvalue weighted by Gasteiger charge is 2.27. The van der Waals surface area contributed by atoms with Crippen molar-refractivity contribution in [2.75, 3.05) is 7.11 Å². The molecule has 0 spiro atoms. The van der Waals surface area contributed by atoms with E-state index in [1.165, 1.54) is 30.9 Å². The van der Waals surface area contributed by atoms with E-state index in [4.69, 9.17) is 4.74 Å². The van der Waals surface area contributed by atoms with Gasteiger partial charge in [-0.05, 0) is 125 Å². The molecule has 48 heavy (non-hydrogen) atoms. The third-order valence-corrected chi connectivity index (χ3v) is 9.38. The van der Waals surface area contributed by atoms with Gasteiger partial charge < -0.3 is 19.4 Å². The van der Waals surface area contributed by atoms with E-state index >= 15 is 0 Å². The van der Waals surface area contributed by atoms with Crippen LogP contribution in [0.5, 0.6) is 0 Å². The molecule has 244 valence electrons. The lowest BCUT2D eigenvalue weighted by atomic mass is 10.0. The number of benzene rings is 2. The number of fused-ring (bicyclic) bond motifs is 2. The first-order valence-corrected chi connectivity index (χ1v) is 16.8. The second-order valence-corrected chi connectivity index (χ2v) is 13.0. The van der Waals surface area contributed by atoms with Gasteiger partial charge in [-0.25, -0.2) is 9.59 Å². The Labute approximate surface area is 279 Å². The fourth-order valence-electron chi connectivity index (χ4n) is 6.45. The smallest absolute Gasteiger partial charge is 0.339 e. The average Bonchev–Trinajstić information content (AvgIpc) is 4.04. The van der Waals surface area contributed by atoms with Crippen molar-refractivity contribution in [2.45, 2.75) is 70.3 Å². The third kappa shape index (κ3) is 6.88. The van der Waals surface area contributed by atoms with Gasteiger partial charge in [0.15, 0.2) is 0 Å². The van der Waals surface area contributed by atoms with E-state index in [-0.39, 0.29) is 5.97 Å². The number of esters is 1. The van der Waals surface area contributed by atoms with Gasteiger partial charge in [-0.3, -0.25) is 9.97 Å². The number of aromatic carboxylic acids is 1. The Morgan fingerprint density at radius 1 is 0.833 bits per heavy atom. The van der Waals surface area contributed by atoms with E-state index in [1.54, 1.807) is 0 Å². The fourth-order valence-corrected chi connectivity index (χ4v) is 6.45. The van der Waals surface area contributed by atoms with Gasteiger partial charge in [0.1, 0.15) is 0 Å². The van der Waals surface area contributed by atoms with E-state index in [9.17, 15) is 14.7 Å². The van der Waals surface area contributed by atoms with Gasteiger partial charge in [0.25, 0.3) is 0 Å². The van der Waals surface area contributed by atoms with Gasteiger partial charge in [-0.1, -0.05) is 19.1 Å². The van der Waals surface area contributed by atoms with Gasteiger partial charge in [0.2, 0.25) is 0 Å². The quantitative estimate of drug-likeness (QED) is 0.146. The maximum atomic E-state index is 12.1. The van der Waals surface area contributed by atoms with Crippen LogP contribution in [0.2, 0.25) is 0 Å². The lowest BCUT2D eigenvalue weighted by Crippen LogP contribution is -2.09. The largest absolute Gasteiger partial charge is 0.478 e. The molecule has 0 atom stereocenters. The molecule has 2 saturated carbocycles. The molecule has 8 nitrogen and oxygen atoms in total. The van der Waals surface area contributed by atoms with Crippen LogP contribution in [0.25, 0.3) is 21.8 Å². The zero-order valence-electron chi connectivity index (χ0n) is 27.4. The first kappa shape index (κ1) is 31.4. The molecule has 0 saturated heterocycles. The minimum Gasteiger partial charge on any atom is -0.478 e. The van der Waals surface area contributed by atoms with Crippen molar-refractivity contribution in [1.82, 2.24) is 19.5 Å². The van der Waals surface area contributed by atoms with Crippen LogP contribution in [0.4, 0.5) is 0 Å². The van der Waals surface area contributed by atoms with Crippen molar-refractivity contribution in [3.8, 4) is 0 Å². The number of ether oxygens (including phenoxy) is 1. The highest BCUT2D eigenvalue weighted by molar-refractivity contribution is 5.91. The van der Waals surface area contributed by atoms with E-state index in [0.29, 0.717) is 41.5 Å². The highest BCUT2D eigenvalue weighted by atomic mass is 16.5. The van der Waals surface area contributed by atoms with Crippen LogP contribution in [0.3, 0.4) is 0 Å². The van der Waals surface area contributed by atoms with E-state index in [0.717, 1.165) is 64.7 Å². The number of methoxy groups -OCH3 is 1. The Bertz CT molecular complexity index is 2120. The minimum absolute atomic E-state index is 0.308. The van der Waals surface area contributed by atoms with E-state index in [2.05, 4.69) is 75.1 Å². The Kier molecular flexibility index (Phi) is 8.80. The summed E-state index contributed by atoms with van der Waals surface area (Å²) in [4.78, 5) is 36.0. The molecule has 2 N–H and O–H groups in total. The number of hydrogen-bond acceptors (Lipinski definition) is 5. The number of aryl methyl sites for hydroxylation is 1. The van der Waals surface area contributed by atoms with Crippen LogP contribution < -0.4 is 0 Å². The number of nitrogens with zero attached hydrogens (tertiary/aromatic N) is 3. The zero-order chi connectivity index (χ0) is 33.2. The predicted molar refractivity (Wildman–Crippen MR) is 187 cm³/mol. The maximum Gasteiger partial charge on any atom is 0.339 e. The molecule has 0 amide bonds. The lowest BCUT2D eigenvalue weighted by Gasteiger charge is -2.09. The number of H-pyrrole nitrogens is 1. The molecule has 8 rings (SSSR count). The van der Waals surface area contributed by atoms with Crippen LogP contribution >= 0.6 is 0 Å². The predicted octanol–water partition coefficient (Wildman–Crippen LogP) is 8.43. The summed E-state index contributed by atoms with van der Waals surface area (Å²) >= 11 is 0. The molecule has 2 aliphatic carbocycles. The highest BCUT2D eigenvalue weighted by Crippen LogP contribution is 2.41. The zero-order valence-corrected chi connectivity index (χ0v) is 27.4. The molecule has 0 unspecified atom stereocenters. The second kappa shape index (κ2) is 13.5. The molecule has 2 aromatic carbocycles. The number of rotatable bonds is 10. The van der Waals surface area contributed by atoms with Gasteiger partial charge in [-0.2, -0.15) is 0 Å². The molecule has 8 heteroatoms. The van der Waals surface area contributed by atoms with E-state index < -0.39 is 5.97 Å². The standard InChI is InChI=1S/C21H22N2O2.C19H18N2O2/c1-2-8-23-9-7-16-10-14(3-6-20(16)23)11-19-18(21(24)25)12-17(13-22-19)15-4-5-15;1-23-19(22)16-10-15(13-3-4-13)11-21-18(16)9-12-2-5-17-14(8-12)6-7-20-17/h3,6-7,9-10,12-13,15H,2,4-5,8,11H2,1H3,(H,24,25);2,5-8,10-11,13,20H,3-4,9H2,1H3. The van der Waals surface area contributed by atoms with Gasteiger partial charge in [-0.15, -0.1) is 0 Å². The van der Waals surface area contributed by atoms with Crippen molar-refractivity contribution in [3.63, 3.8) is 0 Å². The molecule has 2 fully saturated rings. The summed E-state index contributed by atoms with van der Waals surface area (Å²) in [5, 5.41) is 11.9. The summed E-state index contributed by atoms with van der Waals surface area (Å²) in [6, 6.07) is 20.5. The third-order valence-electron chi connectivity index (χ3n) is 9.38. The summed E-state index contributed by atoms with van der Waals surface area (Å²) in [5.41, 5.74) is 9.12. The average molecular weight is 641 g/mol. The number of pyridine rings is 2. The topological polar surface area (TPSA) is 110 Å². The van der Waals surface area contributed by atoms with Crippen LogP contribution in [0, 0.1) is 0 Å². The van der Waals surface area contributed by atoms with Gasteiger partial charge in [0, 0.05) is 55.2 Å². The van der Waals surface area contributed by atoms with Crippen molar-refractivity contribution < 1.29 is 19.4 Å². The van der Waals surface area contributed by atoms with Gasteiger partial charge >= 0.3 is 11.9 Å². The molecule has 6 aromatic rings. The van der Waals surface area contributed by atoms with E-state index in [1.807, 2.05) is 36.8 Å². The van der Waals surface area contributed by atoms with Crippen molar-refractivity contribution in [3.05, 3.63) is 130 Å². The number of aromatic nitrogens is 4. The normalized spacial score (nSPS) is 14.1. The number of carbonyl (C=O) groups is 2. The summed E-state index contributed by atoms with van der Waals surface area (Å²) in [7, 11) is 1.42. The fraction of sp³-hybridized carbons (Fsp3) is 0.300. The number of carbonyl (C=O) groups excluding carboxylic acids is 1. The van der Waals surface area contributed by atoms with Crippen LogP contribution in [-0.4, -0.2) is 43.7 Å². The molecule has 4 heterocycles. The minimum atomic E-state index is -0.889. The maximum absolute atomic E-state index is 12.1. The number of nitrogens with one attached hydrogen (secondary N) is 1. The van der Waals surface area contributed by atoms with Crippen molar-refractivity contribution >= 4 is 33.7 Å². The van der Waals surface area contributed by atoms with Crippen LogP contribution in [0.15, 0.2) is 85.5 Å². The summed E-state index contributed by atoms with van der Waals surface area (Å²) in [6.07, 6.45) is 14.7. The first-order chi connectivity index (χ1) is 23.4. The number of hydrogen-bond donors (Lipinski definition) is 2. The monoisotopic (exact) mass is 640 g/mol. The SMILES string of the molecule is CCCn1ccc2cc(Cc3ncc(C4CC4)cc3C(=O)O)ccc21.COC(=O)c1cc(C2CC2)cnc1Cc1ccc2[nH]ccc2c1. The summed E-state index contributed by atoms with van der Waals surface area (Å²) < 4.78 is 7.20. The Morgan fingerprint density at radius 3 is 2.08 bits per heavy atom. The molecule has 2 aliphatic rings.